The van der Waals surface area contributed by atoms with Crippen LogP contribution in [0.4, 0.5) is 0 Å². The van der Waals surface area contributed by atoms with Gasteiger partial charge in [-0.25, -0.2) is 0 Å². The highest BCUT2D eigenvalue weighted by Crippen LogP contribution is 2.36. The maximum atomic E-state index is 6.27. The van der Waals surface area contributed by atoms with Crippen molar-refractivity contribution in [3.8, 4) is 0 Å². The summed E-state index contributed by atoms with van der Waals surface area (Å²) in [4.78, 5) is 0. The summed E-state index contributed by atoms with van der Waals surface area (Å²) in [6, 6.07) is 0. The molecule has 19 heavy (non-hydrogen) atoms. The summed E-state index contributed by atoms with van der Waals surface area (Å²) < 4.78 is 16.8. The third-order valence-electron chi connectivity index (χ3n) is 4.25. The molecular formula is C15H21NO3. The number of hydrogen-bond acceptors (Lipinski definition) is 4. The van der Waals surface area contributed by atoms with Crippen LogP contribution in [0.3, 0.4) is 0 Å². The minimum absolute atomic E-state index is 0.165. The van der Waals surface area contributed by atoms with Crippen LogP contribution in [0.15, 0.2) is 36.1 Å². The predicted octanol–water partition coefficient (Wildman–Crippen LogP) is 1.54. The van der Waals surface area contributed by atoms with Gasteiger partial charge in [0.2, 0.25) is 0 Å². The summed E-state index contributed by atoms with van der Waals surface area (Å²) >= 11 is 0. The van der Waals surface area contributed by atoms with E-state index in [0.717, 1.165) is 25.2 Å². The lowest BCUT2D eigenvalue weighted by molar-refractivity contribution is 0.0504. The second-order valence-corrected chi connectivity index (χ2v) is 5.53. The molecule has 2 N–H and O–H groups in total. The maximum Gasteiger partial charge on any atom is 0.122 e. The second-order valence-electron chi connectivity index (χ2n) is 5.53. The van der Waals surface area contributed by atoms with Gasteiger partial charge in [0.25, 0.3) is 0 Å². The van der Waals surface area contributed by atoms with Gasteiger partial charge in [-0.2, -0.15) is 0 Å². The van der Waals surface area contributed by atoms with E-state index in [-0.39, 0.29) is 11.6 Å². The van der Waals surface area contributed by atoms with E-state index in [1.54, 1.807) is 0 Å². The fourth-order valence-corrected chi connectivity index (χ4v) is 3.04. The van der Waals surface area contributed by atoms with Crippen LogP contribution in [0, 0.1) is 5.92 Å². The first-order chi connectivity index (χ1) is 9.23. The summed E-state index contributed by atoms with van der Waals surface area (Å²) in [6.45, 7) is 6.49. The minimum Gasteiger partial charge on any atom is -0.493 e. The first-order valence-electron chi connectivity index (χ1n) is 6.86. The molecule has 0 aromatic rings. The Morgan fingerprint density at radius 2 is 2.32 bits per heavy atom. The molecule has 4 heteroatoms. The summed E-state index contributed by atoms with van der Waals surface area (Å²) in [5, 5.41) is 0. The van der Waals surface area contributed by atoms with Crippen molar-refractivity contribution < 1.29 is 14.2 Å². The first-order valence-corrected chi connectivity index (χ1v) is 6.86. The van der Waals surface area contributed by atoms with Gasteiger partial charge in [0, 0.05) is 12.3 Å². The molecule has 104 valence electrons. The van der Waals surface area contributed by atoms with Crippen LogP contribution in [-0.4, -0.2) is 38.1 Å². The minimum atomic E-state index is -0.270. The average molecular weight is 263 g/mol. The fraction of sp³-hybridized carbons (Fsp3) is 0.600. The summed E-state index contributed by atoms with van der Waals surface area (Å²) in [5.41, 5.74) is 7.18. The zero-order valence-electron chi connectivity index (χ0n) is 11.1. The van der Waals surface area contributed by atoms with Crippen LogP contribution in [0.25, 0.3) is 0 Å². The lowest BCUT2D eigenvalue weighted by Crippen LogP contribution is -2.47. The maximum absolute atomic E-state index is 6.27. The van der Waals surface area contributed by atoms with Crippen molar-refractivity contribution in [1.82, 2.24) is 0 Å². The smallest absolute Gasteiger partial charge is 0.122 e. The van der Waals surface area contributed by atoms with Crippen LogP contribution in [0.2, 0.25) is 0 Å². The monoisotopic (exact) mass is 263 g/mol. The molecule has 3 atom stereocenters. The van der Waals surface area contributed by atoms with Crippen molar-refractivity contribution in [2.75, 3.05) is 26.4 Å². The molecular weight excluding hydrogens is 242 g/mol. The lowest BCUT2D eigenvalue weighted by atomic mass is 9.86. The van der Waals surface area contributed by atoms with Crippen molar-refractivity contribution in [3.63, 3.8) is 0 Å². The average Bonchev–Trinajstić information content (AvgIpc) is 3.05. The van der Waals surface area contributed by atoms with Crippen LogP contribution < -0.4 is 5.73 Å². The largest absolute Gasteiger partial charge is 0.493 e. The summed E-state index contributed by atoms with van der Waals surface area (Å²) in [7, 11) is 0. The molecule has 3 heterocycles. The highest BCUT2D eigenvalue weighted by Gasteiger charge is 2.50. The molecule has 0 spiro atoms. The Labute approximate surface area is 113 Å². The Hall–Kier alpha value is -1.10. The molecule has 0 bridgehead atoms. The molecule has 4 nitrogen and oxygen atoms in total. The molecule has 3 aliphatic heterocycles. The Morgan fingerprint density at radius 3 is 3.16 bits per heavy atom. The van der Waals surface area contributed by atoms with Crippen LogP contribution in [-0.2, 0) is 14.2 Å². The van der Waals surface area contributed by atoms with E-state index in [0.29, 0.717) is 25.7 Å². The first kappa shape index (κ1) is 12.9. The van der Waals surface area contributed by atoms with Crippen LogP contribution in [0.5, 0.6) is 0 Å². The molecule has 0 aromatic carbocycles. The van der Waals surface area contributed by atoms with Gasteiger partial charge >= 0.3 is 0 Å². The van der Waals surface area contributed by atoms with Crippen LogP contribution >= 0.6 is 0 Å². The number of nitrogens with two attached hydrogens (primary N) is 1. The Bertz CT molecular complexity index is 429. The van der Waals surface area contributed by atoms with Crippen molar-refractivity contribution >= 4 is 0 Å². The predicted molar refractivity (Wildman–Crippen MR) is 72.5 cm³/mol. The SMILES string of the molecule is C=CC1=C(/C=C\CC2OC[C@]3(N)COC[C@H]23)OCC1. The van der Waals surface area contributed by atoms with Crippen molar-refractivity contribution in [2.45, 2.75) is 24.5 Å². The van der Waals surface area contributed by atoms with Gasteiger partial charge in [-0.1, -0.05) is 18.7 Å². The lowest BCUT2D eigenvalue weighted by Gasteiger charge is -2.20. The van der Waals surface area contributed by atoms with E-state index in [1.165, 1.54) is 5.57 Å². The van der Waals surface area contributed by atoms with Crippen molar-refractivity contribution in [1.29, 1.82) is 0 Å². The molecule has 0 radical (unpaired) electrons. The molecule has 2 fully saturated rings. The zero-order chi connectivity index (χ0) is 13.3. The normalized spacial score (nSPS) is 37.9. The number of fused-ring (bicyclic) bond motifs is 1. The molecule has 2 saturated heterocycles. The van der Waals surface area contributed by atoms with E-state index < -0.39 is 0 Å². The Balaban J connectivity index is 1.60. The molecule has 0 aliphatic carbocycles. The van der Waals surface area contributed by atoms with Crippen LogP contribution in [0.1, 0.15) is 12.8 Å². The zero-order valence-corrected chi connectivity index (χ0v) is 11.1. The molecule has 0 aromatic heterocycles. The topological polar surface area (TPSA) is 53.7 Å². The van der Waals surface area contributed by atoms with Gasteiger partial charge in [0.1, 0.15) is 5.76 Å². The van der Waals surface area contributed by atoms with E-state index in [1.807, 2.05) is 12.2 Å². The number of hydrogen-bond donors (Lipinski definition) is 1. The molecule has 0 saturated carbocycles. The standard InChI is InChI=1S/C15H21NO3/c1-2-11-6-7-18-13(11)4-3-5-14-12-8-17-9-15(12,16)10-19-14/h2-4,12,14H,1,5-10,16H2/b4-3-/t12-,14?,15-/m1/s1. The summed E-state index contributed by atoms with van der Waals surface area (Å²) in [6.07, 6.45) is 7.97. The van der Waals surface area contributed by atoms with Crippen molar-refractivity contribution in [3.05, 3.63) is 36.1 Å². The van der Waals surface area contributed by atoms with Gasteiger partial charge in [-0.3, -0.25) is 0 Å². The Kier molecular flexibility index (Phi) is 3.48. The van der Waals surface area contributed by atoms with Gasteiger partial charge in [0.15, 0.2) is 0 Å². The quantitative estimate of drug-likeness (QED) is 0.836. The van der Waals surface area contributed by atoms with Crippen molar-refractivity contribution in [2.24, 2.45) is 11.7 Å². The number of allylic oxidation sites excluding steroid dienone is 2. The van der Waals surface area contributed by atoms with Gasteiger partial charge in [-0.15, -0.1) is 0 Å². The highest BCUT2D eigenvalue weighted by molar-refractivity contribution is 5.30. The number of rotatable bonds is 4. The molecule has 3 aliphatic rings. The summed E-state index contributed by atoms with van der Waals surface area (Å²) in [5.74, 6) is 1.25. The van der Waals surface area contributed by atoms with Gasteiger partial charge in [0.05, 0.1) is 38.1 Å². The van der Waals surface area contributed by atoms with Gasteiger partial charge < -0.3 is 19.9 Å². The third-order valence-corrected chi connectivity index (χ3v) is 4.25. The molecule has 0 amide bonds. The van der Waals surface area contributed by atoms with Gasteiger partial charge in [-0.05, 0) is 18.1 Å². The van der Waals surface area contributed by atoms with E-state index in [9.17, 15) is 0 Å². The second kappa shape index (κ2) is 5.12. The van der Waals surface area contributed by atoms with E-state index >= 15 is 0 Å². The number of ether oxygens (including phenoxy) is 3. The molecule has 3 rings (SSSR count). The third kappa shape index (κ3) is 2.36. The highest BCUT2D eigenvalue weighted by atomic mass is 16.5. The molecule has 1 unspecified atom stereocenters. The van der Waals surface area contributed by atoms with E-state index in [4.69, 9.17) is 19.9 Å². The fourth-order valence-electron chi connectivity index (χ4n) is 3.04. The Morgan fingerprint density at radius 1 is 1.42 bits per heavy atom. The van der Waals surface area contributed by atoms with E-state index in [2.05, 4.69) is 12.7 Å².